The number of ether oxygens (including phenoxy) is 1. The number of hydrogen-bond acceptors (Lipinski definition) is 7. The van der Waals surface area contributed by atoms with Gasteiger partial charge in [0.05, 0.1) is 18.2 Å². The Kier molecular flexibility index (Phi) is 11.4. The molecule has 3 atom stereocenters. The molecule has 4 aromatic rings. The van der Waals surface area contributed by atoms with Crippen LogP contribution in [-0.4, -0.2) is 68.5 Å². The number of anilines is 1. The Labute approximate surface area is 282 Å². The molecule has 1 aliphatic rings. The van der Waals surface area contributed by atoms with Crippen LogP contribution in [0.1, 0.15) is 29.0 Å². The van der Waals surface area contributed by atoms with Gasteiger partial charge in [-0.3, -0.25) is 9.78 Å². The summed E-state index contributed by atoms with van der Waals surface area (Å²) in [5.41, 5.74) is 1.07. The molecule has 1 aliphatic heterocycles. The number of nitrogens with one attached hydrogen (secondary N) is 3. The summed E-state index contributed by atoms with van der Waals surface area (Å²) < 4.78 is 63.1. The van der Waals surface area contributed by atoms with Gasteiger partial charge >= 0.3 is 6.09 Å². The minimum Gasteiger partial charge on any atom is -0.453 e. The van der Waals surface area contributed by atoms with Crippen LogP contribution in [0.5, 0.6) is 0 Å². The van der Waals surface area contributed by atoms with Crippen molar-refractivity contribution in [3.63, 3.8) is 0 Å². The van der Waals surface area contributed by atoms with Crippen LogP contribution >= 0.6 is 11.6 Å². The summed E-state index contributed by atoms with van der Waals surface area (Å²) in [7, 11) is -2.67. The van der Waals surface area contributed by atoms with Gasteiger partial charge in [0.2, 0.25) is 15.9 Å². The minimum atomic E-state index is -3.81. The number of benzene rings is 3. The third kappa shape index (κ3) is 8.16. The van der Waals surface area contributed by atoms with E-state index < -0.39 is 51.7 Å². The van der Waals surface area contributed by atoms with Crippen LogP contribution in [0.3, 0.4) is 0 Å². The van der Waals surface area contributed by atoms with Crippen molar-refractivity contribution in [1.29, 1.82) is 0 Å². The fourth-order valence-electron chi connectivity index (χ4n) is 5.82. The van der Waals surface area contributed by atoms with E-state index in [1.54, 1.807) is 42.5 Å². The maximum absolute atomic E-state index is 15.4. The number of aromatic nitrogens is 1. The summed E-state index contributed by atoms with van der Waals surface area (Å²) in [5.74, 6) is -2.97. The predicted molar refractivity (Wildman–Crippen MR) is 177 cm³/mol. The summed E-state index contributed by atoms with van der Waals surface area (Å²) in [4.78, 5) is 30.7. The Morgan fingerprint density at radius 2 is 1.79 bits per heavy atom. The molecule has 2 unspecified atom stereocenters. The van der Waals surface area contributed by atoms with E-state index in [-0.39, 0.29) is 41.1 Å². The molecule has 3 aromatic carbocycles. The predicted octanol–water partition coefficient (Wildman–Crippen LogP) is 5.10. The number of piperazine rings is 1. The fraction of sp³-hybridized carbons (Fsp3) is 0.265. The molecular formula is C34H34ClF2N5O5S. The van der Waals surface area contributed by atoms with Crippen molar-refractivity contribution in [1.82, 2.24) is 19.9 Å². The van der Waals surface area contributed by atoms with Crippen LogP contribution in [0, 0.1) is 11.6 Å². The summed E-state index contributed by atoms with van der Waals surface area (Å²) in [6.45, 7) is 1.07. The van der Waals surface area contributed by atoms with E-state index in [4.69, 9.17) is 16.3 Å². The molecule has 0 bridgehead atoms. The highest BCUT2D eigenvalue weighted by Gasteiger charge is 2.35. The van der Waals surface area contributed by atoms with E-state index in [1.807, 2.05) is 0 Å². The van der Waals surface area contributed by atoms with Crippen LogP contribution in [0.4, 0.5) is 19.3 Å². The monoisotopic (exact) mass is 697 g/mol. The molecule has 0 spiro atoms. The summed E-state index contributed by atoms with van der Waals surface area (Å²) in [6, 6.07) is 18.1. The largest absolute Gasteiger partial charge is 0.453 e. The highest BCUT2D eigenvalue weighted by atomic mass is 35.5. The van der Waals surface area contributed by atoms with Gasteiger partial charge in [-0.05, 0) is 66.4 Å². The van der Waals surface area contributed by atoms with Crippen molar-refractivity contribution >= 4 is 39.3 Å². The molecule has 1 saturated heterocycles. The standard InChI is InChI=1S/C34H34ClF2N5O5S/c1-47-34(44)41-32(31(22-10-12-24(35)13-11-22)23-18-25(36)20-39-19-23)33(43)40-30-9-5-8-29(37)28(30)15-14-26-21-38-16-17-42(26)48(45,46)27-6-3-2-4-7-27/h2-13,18-20,26,31-32,38H,14-17,21H2,1H3,(H,40,43)(H,41,44)/t26-,31?,32?/m0/s1. The summed E-state index contributed by atoms with van der Waals surface area (Å²) in [6.07, 6.45) is 1.79. The first kappa shape index (κ1) is 34.9. The number of carbonyl (C=O) groups excluding carboxylic acids is 2. The SMILES string of the molecule is COC(=O)NC(C(=O)Nc1cccc(F)c1CC[C@H]1CNCCN1S(=O)(=O)c1ccccc1)C(c1ccc(Cl)cc1)c1cncc(F)c1. The quantitative estimate of drug-likeness (QED) is 0.199. The first-order valence-corrected chi connectivity index (χ1v) is 17.0. The number of hydrogen-bond donors (Lipinski definition) is 3. The van der Waals surface area contributed by atoms with Gasteiger partial charge in [-0.2, -0.15) is 4.31 Å². The highest BCUT2D eigenvalue weighted by molar-refractivity contribution is 7.89. The number of halogens is 3. The normalized spacial score (nSPS) is 16.5. The third-order valence-electron chi connectivity index (χ3n) is 8.14. The first-order valence-electron chi connectivity index (χ1n) is 15.1. The molecule has 48 heavy (non-hydrogen) atoms. The van der Waals surface area contributed by atoms with E-state index in [1.165, 1.54) is 46.9 Å². The van der Waals surface area contributed by atoms with E-state index >= 15 is 4.39 Å². The molecule has 1 aromatic heterocycles. The zero-order chi connectivity index (χ0) is 34.3. The molecule has 10 nitrogen and oxygen atoms in total. The van der Waals surface area contributed by atoms with Crippen molar-refractivity contribution in [2.24, 2.45) is 0 Å². The second-order valence-corrected chi connectivity index (χ2v) is 13.5. The summed E-state index contributed by atoms with van der Waals surface area (Å²) in [5, 5.41) is 8.92. The Morgan fingerprint density at radius 3 is 2.50 bits per heavy atom. The average Bonchev–Trinajstić information content (AvgIpc) is 3.09. The highest BCUT2D eigenvalue weighted by Crippen LogP contribution is 2.32. The Balaban J connectivity index is 1.44. The lowest BCUT2D eigenvalue weighted by Gasteiger charge is -2.35. The Bertz CT molecular complexity index is 1850. The molecule has 252 valence electrons. The molecule has 0 radical (unpaired) electrons. The number of methoxy groups -OCH3 is 1. The lowest BCUT2D eigenvalue weighted by molar-refractivity contribution is -0.118. The Morgan fingerprint density at radius 1 is 1.04 bits per heavy atom. The van der Waals surface area contributed by atoms with Gasteiger partial charge in [-0.1, -0.05) is 48.0 Å². The Hall–Kier alpha value is -4.43. The molecule has 2 heterocycles. The number of sulfonamides is 1. The van der Waals surface area contributed by atoms with Crippen LogP contribution in [0.2, 0.25) is 5.02 Å². The molecule has 14 heteroatoms. The van der Waals surface area contributed by atoms with Crippen LogP contribution in [-0.2, 0) is 26.0 Å². The fourth-order valence-corrected chi connectivity index (χ4v) is 7.62. The minimum absolute atomic E-state index is 0.0823. The zero-order valence-corrected chi connectivity index (χ0v) is 27.5. The molecule has 0 saturated carbocycles. The smallest absolute Gasteiger partial charge is 0.407 e. The van der Waals surface area contributed by atoms with Crippen molar-refractivity contribution in [2.45, 2.75) is 35.7 Å². The van der Waals surface area contributed by atoms with Crippen molar-refractivity contribution in [3.05, 3.63) is 125 Å². The van der Waals surface area contributed by atoms with Crippen molar-refractivity contribution < 1.29 is 31.5 Å². The van der Waals surface area contributed by atoms with Crippen molar-refractivity contribution in [3.8, 4) is 0 Å². The number of nitrogens with zero attached hydrogens (tertiary/aromatic N) is 2. The average molecular weight is 698 g/mol. The van der Waals surface area contributed by atoms with Gasteiger partial charge in [0.25, 0.3) is 0 Å². The van der Waals surface area contributed by atoms with E-state index in [2.05, 4.69) is 20.9 Å². The molecule has 0 aliphatic carbocycles. The maximum atomic E-state index is 15.4. The van der Waals surface area contributed by atoms with E-state index in [0.717, 1.165) is 13.3 Å². The molecular weight excluding hydrogens is 664 g/mol. The first-order chi connectivity index (χ1) is 23.1. The number of rotatable bonds is 11. The van der Waals surface area contributed by atoms with Gasteiger partial charge in [-0.25, -0.2) is 22.0 Å². The van der Waals surface area contributed by atoms with Gasteiger partial charge in [0.15, 0.2) is 0 Å². The molecule has 2 amide bonds. The van der Waals surface area contributed by atoms with E-state index in [0.29, 0.717) is 23.7 Å². The van der Waals surface area contributed by atoms with Gasteiger partial charge in [0.1, 0.15) is 17.7 Å². The molecule has 5 rings (SSSR count). The lowest BCUT2D eigenvalue weighted by Crippen LogP contribution is -2.53. The third-order valence-corrected chi connectivity index (χ3v) is 10.4. The molecule has 1 fully saturated rings. The van der Waals surface area contributed by atoms with Crippen molar-refractivity contribution in [2.75, 3.05) is 32.1 Å². The van der Waals surface area contributed by atoms with Crippen LogP contribution < -0.4 is 16.0 Å². The summed E-state index contributed by atoms with van der Waals surface area (Å²) >= 11 is 6.11. The number of amides is 2. The van der Waals surface area contributed by atoms with Crippen LogP contribution in [0.25, 0.3) is 0 Å². The van der Waals surface area contributed by atoms with Crippen LogP contribution in [0.15, 0.2) is 96.2 Å². The second kappa shape index (κ2) is 15.6. The topological polar surface area (TPSA) is 130 Å². The van der Waals surface area contributed by atoms with E-state index in [9.17, 15) is 22.4 Å². The zero-order valence-electron chi connectivity index (χ0n) is 25.9. The molecule has 3 N–H and O–H groups in total. The van der Waals surface area contributed by atoms with Gasteiger partial charge < -0.3 is 20.7 Å². The second-order valence-electron chi connectivity index (χ2n) is 11.2. The lowest BCUT2D eigenvalue weighted by atomic mass is 9.85. The van der Waals surface area contributed by atoms with Gasteiger partial charge in [-0.15, -0.1) is 0 Å². The maximum Gasteiger partial charge on any atom is 0.407 e. The number of pyridine rings is 1. The van der Waals surface area contributed by atoms with Gasteiger partial charge in [0, 0.05) is 54.1 Å². The number of alkyl carbamates (subject to hydrolysis) is 1. The number of carbonyl (C=O) groups is 2.